The molecule has 0 aliphatic heterocycles. The first-order valence-corrected chi connectivity index (χ1v) is 11.7. The zero-order valence-corrected chi connectivity index (χ0v) is 18.7. The second kappa shape index (κ2) is 13.5. The summed E-state index contributed by atoms with van der Waals surface area (Å²) < 4.78 is 11.2. The summed E-state index contributed by atoms with van der Waals surface area (Å²) in [5.74, 6) is 2.19. The van der Waals surface area contributed by atoms with E-state index in [2.05, 4.69) is 26.0 Å². The number of hydrogen-bond donors (Lipinski definition) is 0. The lowest BCUT2D eigenvalue weighted by atomic mass is 9.79. The number of carbonyl (C=O) groups is 1. The van der Waals surface area contributed by atoms with E-state index in [0.717, 1.165) is 24.5 Å². The molecule has 3 heteroatoms. The lowest BCUT2D eigenvalue weighted by molar-refractivity contribution is 0.0323. The van der Waals surface area contributed by atoms with Crippen LogP contribution >= 0.6 is 0 Å². The van der Waals surface area contributed by atoms with Crippen LogP contribution in [-0.2, 0) is 4.74 Å². The van der Waals surface area contributed by atoms with Crippen molar-refractivity contribution in [3.63, 3.8) is 0 Å². The molecule has 0 amide bonds. The maximum atomic E-state index is 12.1. The average Bonchev–Trinajstić information content (AvgIpc) is 2.73. The second-order valence-electron chi connectivity index (χ2n) is 8.54. The monoisotopic (exact) mass is 400 g/mol. The molecule has 0 aromatic heterocycles. The molecule has 3 nitrogen and oxygen atoms in total. The number of carbonyl (C=O) groups excluding carboxylic acids is 1. The highest BCUT2D eigenvalue weighted by molar-refractivity contribution is 5.89. The number of unbranched alkanes of at least 4 members (excludes halogenated alkanes) is 2. The Labute approximate surface area is 177 Å². The van der Waals surface area contributed by atoms with Crippen molar-refractivity contribution < 1.29 is 14.3 Å². The van der Waals surface area contributed by atoms with E-state index in [1.807, 2.05) is 19.1 Å². The Morgan fingerprint density at radius 3 is 2.45 bits per heavy atom. The van der Waals surface area contributed by atoms with Gasteiger partial charge in [-0.25, -0.2) is 4.79 Å². The first-order chi connectivity index (χ1) is 14.1. The van der Waals surface area contributed by atoms with Crippen LogP contribution in [0.2, 0.25) is 0 Å². The Bertz CT molecular complexity index is 597. The van der Waals surface area contributed by atoms with Crippen LogP contribution in [0, 0.1) is 11.8 Å². The van der Waals surface area contributed by atoms with Gasteiger partial charge in [-0.1, -0.05) is 58.1 Å². The van der Waals surface area contributed by atoms with E-state index >= 15 is 0 Å². The molecule has 0 saturated heterocycles. The normalized spacial score (nSPS) is 20.5. The first-order valence-electron chi connectivity index (χ1n) is 11.7. The minimum absolute atomic E-state index is 0.0417. The summed E-state index contributed by atoms with van der Waals surface area (Å²) in [6, 6.07) is 7.24. The summed E-state index contributed by atoms with van der Waals surface area (Å²) in [4.78, 5) is 12.1. The van der Waals surface area contributed by atoms with Gasteiger partial charge in [0.05, 0.1) is 11.7 Å². The number of rotatable bonds is 12. The lowest BCUT2D eigenvalue weighted by Crippen LogP contribution is -2.14. The third kappa shape index (κ3) is 9.06. The van der Waals surface area contributed by atoms with Gasteiger partial charge in [-0.3, -0.25) is 0 Å². The average molecular weight is 401 g/mol. The smallest absolute Gasteiger partial charge is 0.338 e. The number of benzene rings is 1. The summed E-state index contributed by atoms with van der Waals surface area (Å²) in [5, 5.41) is 0. The number of allylic oxidation sites excluding steroid dienone is 1. The quantitative estimate of drug-likeness (QED) is 0.209. The van der Waals surface area contributed by atoms with Crippen LogP contribution < -0.4 is 4.74 Å². The van der Waals surface area contributed by atoms with E-state index in [4.69, 9.17) is 9.47 Å². The summed E-state index contributed by atoms with van der Waals surface area (Å²) in [7, 11) is 0. The molecule has 162 valence electrons. The molecule has 1 saturated carbocycles. The van der Waals surface area contributed by atoms with Crippen LogP contribution in [0.1, 0.15) is 95.3 Å². The molecule has 1 aromatic carbocycles. The van der Waals surface area contributed by atoms with Crippen LogP contribution in [0.25, 0.3) is 0 Å². The molecule has 0 spiro atoms. The van der Waals surface area contributed by atoms with Crippen molar-refractivity contribution in [3.05, 3.63) is 42.0 Å². The molecule has 1 aliphatic carbocycles. The van der Waals surface area contributed by atoms with Gasteiger partial charge in [0.15, 0.2) is 0 Å². The van der Waals surface area contributed by atoms with E-state index < -0.39 is 0 Å². The second-order valence-corrected chi connectivity index (χ2v) is 8.54. The molecule has 1 atom stereocenters. The fourth-order valence-corrected chi connectivity index (χ4v) is 4.15. The van der Waals surface area contributed by atoms with E-state index in [1.54, 1.807) is 12.1 Å². The third-order valence-electron chi connectivity index (χ3n) is 5.96. The first kappa shape index (κ1) is 23.5. The van der Waals surface area contributed by atoms with Crippen molar-refractivity contribution in [2.45, 2.75) is 91.1 Å². The summed E-state index contributed by atoms with van der Waals surface area (Å²) in [6.07, 6.45) is 17.3. The Hall–Kier alpha value is -1.77. The van der Waals surface area contributed by atoms with Gasteiger partial charge in [0.25, 0.3) is 0 Å². The van der Waals surface area contributed by atoms with Crippen molar-refractivity contribution in [2.24, 2.45) is 11.8 Å². The van der Waals surface area contributed by atoms with Gasteiger partial charge in [0.1, 0.15) is 12.4 Å². The van der Waals surface area contributed by atoms with Gasteiger partial charge in [0.2, 0.25) is 0 Å². The number of esters is 1. The van der Waals surface area contributed by atoms with Crippen LogP contribution in [0.15, 0.2) is 36.4 Å². The zero-order chi connectivity index (χ0) is 20.9. The van der Waals surface area contributed by atoms with Crippen molar-refractivity contribution in [1.29, 1.82) is 0 Å². The molecular weight excluding hydrogens is 360 g/mol. The van der Waals surface area contributed by atoms with E-state index in [0.29, 0.717) is 18.1 Å². The van der Waals surface area contributed by atoms with E-state index in [-0.39, 0.29) is 12.1 Å². The minimum atomic E-state index is -0.261. The molecule has 29 heavy (non-hydrogen) atoms. The predicted octanol–water partition coefficient (Wildman–Crippen LogP) is 7.35. The van der Waals surface area contributed by atoms with Crippen molar-refractivity contribution in [1.82, 2.24) is 0 Å². The van der Waals surface area contributed by atoms with Gasteiger partial charge in [-0.05, 0) is 75.1 Å². The van der Waals surface area contributed by atoms with E-state index in [1.165, 1.54) is 51.4 Å². The molecule has 1 aromatic rings. The van der Waals surface area contributed by atoms with Crippen molar-refractivity contribution >= 4 is 5.97 Å². The number of ether oxygens (including phenoxy) is 2. The molecule has 0 bridgehead atoms. The van der Waals surface area contributed by atoms with Gasteiger partial charge in [-0.15, -0.1) is 0 Å². The standard InChI is InChI=1S/C26H40O3/c1-4-6-7-10-22-12-14-23(15-13-22)11-8-20-28-25-18-16-24(17-19-25)26(27)29-21(3)9-5-2/h8,11,16-19,21-23H,4-7,9-10,12-15,20H2,1-3H3. The maximum Gasteiger partial charge on any atom is 0.338 e. The van der Waals surface area contributed by atoms with Crippen LogP contribution in [-0.4, -0.2) is 18.7 Å². The van der Waals surface area contributed by atoms with Gasteiger partial charge in [-0.2, -0.15) is 0 Å². The Balaban J connectivity index is 1.65. The molecule has 1 fully saturated rings. The SMILES string of the molecule is CCCCCC1CCC(C=CCOc2ccc(C(=O)OC(C)CCC)cc2)CC1. The molecule has 2 rings (SSSR count). The fourth-order valence-electron chi connectivity index (χ4n) is 4.15. The lowest BCUT2D eigenvalue weighted by Gasteiger charge is -2.26. The van der Waals surface area contributed by atoms with E-state index in [9.17, 15) is 4.79 Å². The summed E-state index contributed by atoms with van der Waals surface area (Å²) >= 11 is 0. The predicted molar refractivity (Wildman–Crippen MR) is 120 cm³/mol. The Morgan fingerprint density at radius 2 is 1.79 bits per heavy atom. The topological polar surface area (TPSA) is 35.5 Å². The zero-order valence-electron chi connectivity index (χ0n) is 18.7. The summed E-state index contributed by atoms with van der Waals surface area (Å²) in [6.45, 7) is 6.88. The highest BCUT2D eigenvalue weighted by Gasteiger charge is 2.18. The largest absolute Gasteiger partial charge is 0.490 e. The van der Waals surface area contributed by atoms with Crippen LogP contribution in [0.4, 0.5) is 0 Å². The molecule has 0 heterocycles. The molecule has 1 unspecified atom stereocenters. The molecule has 0 N–H and O–H groups in total. The Morgan fingerprint density at radius 1 is 1.07 bits per heavy atom. The molecule has 0 radical (unpaired) electrons. The third-order valence-corrected chi connectivity index (χ3v) is 5.96. The van der Waals surface area contributed by atoms with Gasteiger partial charge in [0, 0.05) is 0 Å². The molecular formula is C26H40O3. The van der Waals surface area contributed by atoms with Crippen LogP contribution in [0.3, 0.4) is 0 Å². The van der Waals surface area contributed by atoms with Crippen molar-refractivity contribution in [2.75, 3.05) is 6.61 Å². The maximum absolute atomic E-state index is 12.1. The summed E-state index contributed by atoms with van der Waals surface area (Å²) in [5.41, 5.74) is 0.576. The van der Waals surface area contributed by atoms with Gasteiger partial charge < -0.3 is 9.47 Å². The van der Waals surface area contributed by atoms with Crippen LogP contribution in [0.5, 0.6) is 5.75 Å². The minimum Gasteiger partial charge on any atom is -0.490 e. The van der Waals surface area contributed by atoms with Crippen molar-refractivity contribution in [3.8, 4) is 5.75 Å². The highest BCUT2D eigenvalue weighted by Crippen LogP contribution is 2.32. The number of hydrogen-bond acceptors (Lipinski definition) is 3. The molecule has 1 aliphatic rings. The Kier molecular flexibility index (Phi) is 10.9. The fraction of sp³-hybridized carbons (Fsp3) is 0.654. The van der Waals surface area contributed by atoms with Gasteiger partial charge >= 0.3 is 5.97 Å². The highest BCUT2D eigenvalue weighted by atomic mass is 16.5.